The molecule has 1 unspecified atom stereocenters. The van der Waals surface area contributed by atoms with Crippen LogP contribution in [0.4, 0.5) is 0 Å². The number of aromatic nitrogens is 3. The highest BCUT2D eigenvalue weighted by molar-refractivity contribution is 7.98. The molecule has 0 radical (unpaired) electrons. The lowest BCUT2D eigenvalue weighted by atomic mass is 10.0. The first-order valence-corrected chi connectivity index (χ1v) is 10.4. The van der Waals surface area contributed by atoms with Crippen molar-refractivity contribution in [1.82, 2.24) is 19.9 Å². The summed E-state index contributed by atoms with van der Waals surface area (Å²) >= 11 is 1.70. The lowest BCUT2D eigenvalue weighted by molar-refractivity contribution is -0.121. The lowest BCUT2D eigenvalue weighted by Crippen LogP contribution is -2.30. The van der Waals surface area contributed by atoms with Crippen LogP contribution in [0.3, 0.4) is 0 Å². The molecule has 1 atom stereocenters. The van der Waals surface area contributed by atoms with Crippen molar-refractivity contribution in [2.75, 3.05) is 12.0 Å². The molecule has 2 N–H and O–H groups in total. The van der Waals surface area contributed by atoms with Crippen LogP contribution in [0.2, 0.25) is 0 Å². The van der Waals surface area contributed by atoms with Gasteiger partial charge in [0, 0.05) is 12.6 Å². The maximum Gasteiger partial charge on any atom is 0.335 e. The Bertz CT molecular complexity index is 973. The molecule has 0 spiro atoms. The average Bonchev–Trinajstić information content (AvgIpc) is 3.14. The number of fused-ring (bicyclic) bond motifs is 1. The smallest absolute Gasteiger partial charge is 0.335 e. The molecular weight excluding hydrogens is 376 g/mol. The van der Waals surface area contributed by atoms with Crippen LogP contribution in [0.15, 0.2) is 48.7 Å². The first-order chi connectivity index (χ1) is 13.6. The number of rotatable bonds is 9. The summed E-state index contributed by atoms with van der Waals surface area (Å²) in [6.07, 6.45) is 5.20. The number of benzene rings is 1. The van der Waals surface area contributed by atoms with Gasteiger partial charge in [0.15, 0.2) is 11.5 Å². The van der Waals surface area contributed by atoms with Crippen LogP contribution in [0, 0.1) is 0 Å². The summed E-state index contributed by atoms with van der Waals surface area (Å²) in [5, 5.41) is 20.8. The molecule has 7 nitrogen and oxygen atoms in total. The van der Waals surface area contributed by atoms with Gasteiger partial charge >= 0.3 is 5.97 Å². The molecule has 1 amide bonds. The fourth-order valence-electron chi connectivity index (χ4n) is 3.06. The molecule has 0 aliphatic carbocycles. The summed E-state index contributed by atoms with van der Waals surface area (Å²) in [6, 6.07) is 12.2. The number of thioether (sulfide) groups is 1. The second-order valence-corrected chi connectivity index (χ2v) is 7.34. The summed E-state index contributed by atoms with van der Waals surface area (Å²) in [5.74, 6) is 0.445. The highest BCUT2D eigenvalue weighted by Gasteiger charge is 2.20. The van der Waals surface area contributed by atoms with E-state index >= 15 is 0 Å². The van der Waals surface area contributed by atoms with Crippen LogP contribution in [0.5, 0.6) is 0 Å². The Kier molecular flexibility index (Phi) is 6.65. The number of carboxylic acid groups (broad SMARTS) is 1. The molecule has 146 valence electrons. The largest absolute Gasteiger partial charge is 0.478 e. The van der Waals surface area contributed by atoms with E-state index in [0.717, 1.165) is 17.8 Å². The zero-order chi connectivity index (χ0) is 19.9. The van der Waals surface area contributed by atoms with E-state index in [1.807, 2.05) is 35.1 Å². The Morgan fingerprint density at radius 2 is 1.96 bits per heavy atom. The molecule has 1 aromatic carbocycles. The van der Waals surface area contributed by atoms with E-state index in [1.54, 1.807) is 36.0 Å². The molecule has 0 saturated heterocycles. The maximum absolute atomic E-state index is 12.6. The van der Waals surface area contributed by atoms with Gasteiger partial charge in [-0.05, 0) is 48.6 Å². The molecule has 8 heteroatoms. The van der Waals surface area contributed by atoms with Gasteiger partial charge in [-0.25, -0.2) is 4.79 Å². The van der Waals surface area contributed by atoms with Crippen LogP contribution in [0.25, 0.3) is 5.65 Å². The predicted octanol–water partition coefficient (Wildman–Crippen LogP) is 2.97. The highest BCUT2D eigenvalue weighted by Crippen LogP contribution is 2.19. The second-order valence-electron chi connectivity index (χ2n) is 6.35. The number of carbonyl (C=O) groups excluding carboxylic acids is 1. The van der Waals surface area contributed by atoms with Gasteiger partial charge in [0.25, 0.3) is 0 Å². The third kappa shape index (κ3) is 4.69. The summed E-state index contributed by atoms with van der Waals surface area (Å²) in [6.45, 7) is 0. The van der Waals surface area contributed by atoms with Gasteiger partial charge in [0.05, 0.1) is 11.6 Å². The monoisotopic (exact) mass is 398 g/mol. The number of hydrogen-bond acceptors (Lipinski definition) is 5. The summed E-state index contributed by atoms with van der Waals surface area (Å²) in [5.41, 5.74) is 1.62. The summed E-state index contributed by atoms with van der Waals surface area (Å²) in [4.78, 5) is 23.9. The Hall–Kier alpha value is -2.87. The van der Waals surface area contributed by atoms with Crippen LogP contribution in [0.1, 0.15) is 40.6 Å². The molecule has 0 fully saturated rings. The van der Waals surface area contributed by atoms with Gasteiger partial charge in [-0.3, -0.25) is 9.20 Å². The normalized spacial score (nSPS) is 12.0. The zero-order valence-corrected chi connectivity index (χ0v) is 16.4. The van der Waals surface area contributed by atoms with Crippen molar-refractivity contribution in [3.63, 3.8) is 0 Å². The fraction of sp³-hybridized carbons (Fsp3) is 0.300. The number of aromatic carboxylic acids is 1. The number of amides is 1. The minimum Gasteiger partial charge on any atom is -0.478 e. The van der Waals surface area contributed by atoms with Gasteiger partial charge < -0.3 is 10.4 Å². The predicted molar refractivity (Wildman–Crippen MR) is 109 cm³/mol. The molecule has 0 aliphatic rings. The maximum atomic E-state index is 12.6. The van der Waals surface area contributed by atoms with Crippen molar-refractivity contribution >= 4 is 29.3 Å². The Morgan fingerprint density at radius 1 is 1.18 bits per heavy atom. The van der Waals surface area contributed by atoms with E-state index in [0.29, 0.717) is 17.8 Å². The van der Waals surface area contributed by atoms with Crippen molar-refractivity contribution in [2.24, 2.45) is 0 Å². The minimum absolute atomic E-state index is 0.140. The van der Waals surface area contributed by atoms with Crippen LogP contribution >= 0.6 is 11.8 Å². The van der Waals surface area contributed by atoms with Gasteiger partial charge in [-0.1, -0.05) is 24.3 Å². The number of carboxylic acids is 1. The van der Waals surface area contributed by atoms with E-state index in [-0.39, 0.29) is 23.9 Å². The summed E-state index contributed by atoms with van der Waals surface area (Å²) in [7, 11) is 0. The molecule has 3 aromatic rings. The summed E-state index contributed by atoms with van der Waals surface area (Å²) < 4.78 is 1.88. The highest BCUT2D eigenvalue weighted by atomic mass is 32.2. The third-order valence-electron chi connectivity index (χ3n) is 4.47. The van der Waals surface area contributed by atoms with Crippen molar-refractivity contribution in [2.45, 2.75) is 25.3 Å². The topological polar surface area (TPSA) is 96.6 Å². The van der Waals surface area contributed by atoms with Gasteiger partial charge in [-0.15, -0.1) is 10.2 Å². The standard InChI is InChI=1S/C20H22N4O3S/c1-28-13-11-16(19-23-22-17-8-4-5-12-24(17)19)21-18(25)10-9-14-6-2-3-7-15(14)20(26)27/h2-8,12,16H,9-11,13H2,1H3,(H,21,25)(H,26,27). The third-order valence-corrected chi connectivity index (χ3v) is 5.11. The van der Waals surface area contributed by atoms with E-state index in [9.17, 15) is 14.7 Å². The quantitative estimate of drug-likeness (QED) is 0.575. The van der Waals surface area contributed by atoms with E-state index in [2.05, 4.69) is 15.5 Å². The molecule has 3 rings (SSSR count). The molecule has 0 saturated carbocycles. The number of hydrogen-bond donors (Lipinski definition) is 2. The first kappa shape index (κ1) is 19.9. The average molecular weight is 398 g/mol. The van der Waals surface area contributed by atoms with Gasteiger partial charge in [-0.2, -0.15) is 11.8 Å². The minimum atomic E-state index is -0.983. The number of nitrogens with one attached hydrogen (secondary N) is 1. The SMILES string of the molecule is CSCCC(NC(=O)CCc1ccccc1C(=O)O)c1nnc2ccccn12. The number of carbonyl (C=O) groups is 2. The second kappa shape index (κ2) is 9.36. The van der Waals surface area contributed by atoms with Crippen molar-refractivity contribution in [3.8, 4) is 0 Å². The molecule has 2 aromatic heterocycles. The van der Waals surface area contributed by atoms with Gasteiger partial charge in [0.2, 0.25) is 5.91 Å². The molecule has 0 aliphatic heterocycles. The van der Waals surface area contributed by atoms with Crippen LogP contribution < -0.4 is 5.32 Å². The Morgan fingerprint density at radius 3 is 2.75 bits per heavy atom. The van der Waals surface area contributed by atoms with Crippen molar-refractivity contribution in [3.05, 3.63) is 65.6 Å². The van der Waals surface area contributed by atoms with E-state index < -0.39 is 5.97 Å². The zero-order valence-electron chi connectivity index (χ0n) is 15.5. The van der Waals surface area contributed by atoms with Crippen molar-refractivity contribution < 1.29 is 14.7 Å². The number of nitrogens with zero attached hydrogens (tertiary/aromatic N) is 3. The number of aryl methyl sites for hydroxylation is 1. The van der Waals surface area contributed by atoms with E-state index in [1.165, 1.54) is 0 Å². The van der Waals surface area contributed by atoms with Crippen molar-refractivity contribution in [1.29, 1.82) is 0 Å². The van der Waals surface area contributed by atoms with Crippen LogP contribution in [-0.2, 0) is 11.2 Å². The first-order valence-electron chi connectivity index (χ1n) is 8.99. The molecule has 0 bridgehead atoms. The lowest BCUT2D eigenvalue weighted by Gasteiger charge is -2.17. The van der Waals surface area contributed by atoms with Crippen LogP contribution in [-0.4, -0.2) is 43.6 Å². The Balaban J connectivity index is 1.71. The number of pyridine rings is 1. The fourth-order valence-corrected chi connectivity index (χ4v) is 3.53. The molecule has 28 heavy (non-hydrogen) atoms. The van der Waals surface area contributed by atoms with Gasteiger partial charge in [0.1, 0.15) is 0 Å². The molecular formula is C20H22N4O3S. The molecule has 2 heterocycles. The van der Waals surface area contributed by atoms with E-state index in [4.69, 9.17) is 0 Å². The Labute approximate surface area is 167 Å².